The minimum Gasteiger partial charge on any atom is -0.316 e. The van der Waals surface area contributed by atoms with Crippen molar-refractivity contribution in [1.29, 1.82) is 0 Å². The first-order chi connectivity index (χ1) is 5.31. The van der Waals surface area contributed by atoms with Crippen molar-refractivity contribution >= 4 is 0 Å². The Morgan fingerprint density at radius 2 is 1.91 bits per heavy atom. The van der Waals surface area contributed by atoms with Gasteiger partial charge in [0.1, 0.15) is 0 Å². The summed E-state index contributed by atoms with van der Waals surface area (Å²) in [6.07, 6.45) is 4.45. The van der Waals surface area contributed by atoms with E-state index >= 15 is 0 Å². The maximum Gasteiger partial charge on any atom is 0.00203 e. The molecule has 1 aliphatic heterocycles. The molecule has 1 heterocycles. The van der Waals surface area contributed by atoms with Crippen molar-refractivity contribution in [2.45, 2.75) is 40.0 Å². The van der Waals surface area contributed by atoms with Gasteiger partial charge in [-0.25, -0.2) is 0 Å². The lowest BCUT2D eigenvalue weighted by Crippen LogP contribution is -2.51. The van der Waals surface area contributed by atoms with Gasteiger partial charge < -0.3 is 5.32 Å². The SMILES string of the molecule is CC.CC1CCC2(CNC2)C1. The molecule has 0 amide bonds. The van der Waals surface area contributed by atoms with E-state index in [-0.39, 0.29) is 0 Å². The summed E-state index contributed by atoms with van der Waals surface area (Å²) in [7, 11) is 0. The molecule has 0 aromatic rings. The van der Waals surface area contributed by atoms with E-state index in [0.29, 0.717) is 0 Å². The maximum atomic E-state index is 3.36. The smallest absolute Gasteiger partial charge is 0.00203 e. The van der Waals surface area contributed by atoms with E-state index < -0.39 is 0 Å². The van der Waals surface area contributed by atoms with E-state index in [1.807, 2.05) is 13.8 Å². The zero-order valence-electron chi connectivity index (χ0n) is 8.11. The Kier molecular flexibility index (Phi) is 2.94. The molecule has 1 unspecified atom stereocenters. The Morgan fingerprint density at radius 3 is 2.09 bits per heavy atom. The molecule has 1 spiro atoms. The fourth-order valence-corrected chi connectivity index (χ4v) is 2.30. The minimum atomic E-state index is 0.777. The van der Waals surface area contributed by atoms with Gasteiger partial charge in [-0.15, -0.1) is 0 Å². The zero-order valence-corrected chi connectivity index (χ0v) is 8.11. The van der Waals surface area contributed by atoms with Gasteiger partial charge in [0.05, 0.1) is 0 Å². The van der Waals surface area contributed by atoms with Gasteiger partial charge in [-0.1, -0.05) is 27.2 Å². The average molecular weight is 155 g/mol. The fourth-order valence-electron chi connectivity index (χ4n) is 2.30. The highest BCUT2D eigenvalue weighted by Crippen LogP contribution is 2.43. The lowest BCUT2D eigenvalue weighted by molar-refractivity contribution is 0.171. The van der Waals surface area contributed by atoms with Crippen LogP contribution in [0.2, 0.25) is 0 Å². The highest BCUT2D eigenvalue weighted by molar-refractivity contribution is 4.97. The largest absolute Gasteiger partial charge is 0.316 e. The van der Waals surface area contributed by atoms with Crippen LogP contribution >= 0.6 is 0 Å². The Hall–Kier alpha value is -0.0400. The molecule has 0 aromatic heterocycles. The molecule has 1 saturated heterocycles. The molecule has 1 N–H and O–H groups in total. The van der Waals surface area contributed by atoms with Crippen molar-refractivity contribution in [3.05, 3.63) is 0 Å². The van der Waals surface area contributed by atoms with Crippen molar-refractivity contribution in [2.24, 2.45) is 11.3 Å². The van der Waals surface area contributed by atoms with Crippen LogP contribution in [0.25, 0.3) is 0 Å². The van der Waals surface area contributed by atoms with Crippen LogP contribution in [0.5, 0.6) is 0 Å². The Bertz CT molecular complexity index is 116. The molecule has 1 saturated carbocycles. The topological polar surface area (TPSA) is 12.0 Å². The average Bonchev–Trinajstić information content (AvgIpc) is 2.35. The predicted octanol–water partition coefficient (Wildman–Crippen LogP) is 2.42. The molecule has 1 heteroatoms. The highest BCUT2D eigenvalue weighted by atomic mass is 15.0. The van der Waals surface area contributed by atoms with Crippen LogP contribution in [0.15, 0.2) is 0 Å². The van der Waals surface area contributed by atoms with Gasteiger partial charge >= 0.3 is 0 Å². The Morgan fingerprint density at radius 1 is 1.27 bits per heavy atom. The molecule has 1 aliphatic carbocycles. The molecule has 2 rings (SSSR count). The molecule has 2 aliphatic rings. The second-order valence-electron chi connectivity index (χ2n) is 3.95. The number of rotatable bonds is 0. The molecule has 1 atom stereocenters. The van der Waals surface area contributed by atoms with Crippen molar-refractivity contribution in [3.63, 3.8) is 0 Å². The van der Waals surface area contributed by atoms with Gasteiger partial charge in [0.2, 0.25) is 0 Å². The van der Waals surface area contributed by atoms with Crippen molar-refractivity contribution in [2.75, 3.05) is 13.1 Å². The summed E-state index contributed by atoms with van der Waals surface area (Å²) in [5.41, 5.74) is 0.777. The molecular weight excluding hydrogens is 134 g/mol. The van der Waals surface area contributed by atoms with Crippen LogP contribution in [-0.4, -0.2) is 13.1 Å². The van der Waals surface area contributed by atoms with Crippen LogP contribution in [0.1, 0.15) is 40.0 Å². The molecule has 0 bridgehead atoms. The quantitative estimate of drug-likeness (QED) is 0.566. The van der Waals surface area contributed by atoms with Crippen LogP contribution in [-0.2, 0) is 0 Å². The highest BCUT2D eigenvalue weighted by Gasteiger charge is 2.41. The van der Waals surface area contributed by atoms with E-state index in [9.17, 15) is 0 Å². The van der Waals surface area contributed by atoms with Crippen molar-refractivity contribution in [1.82, 2.24) is 5.32 Å². The minimum absolute atomic E-state index is 0.777. The summed E-state index contributed by atoms with van der Waals surface area (Å²) in [5, 5.41) is 3.36. The first-order valence-corrected chi connectivity index (χ1v) is 5.02. The van der Waals surface area contributed by atoms with Crippen LogP contribution in [0.4, 0.5) is 0 Å². The molecule has 0 radical (unpaired) electrons. The monoisotopic (exact) mass is 155 g/mol. The third-order valence-corrected chi connectivity index (χ3v) is 2.95. The second-order valence-corrected chi connectivity index (χ2v) is 3.95. The standard InChI is InChI=1S/C8H15N.C2H6/c1-7-2-3-8(4-7)5-9-6-8;1-2/h7,9H,2-6H2,1H3;1-2H3. The second kappa shape index (κ2) is 3.57. The fraction of sp³-hybridized carbons (Fsp3) is 1.00. The summed E-state index contributed by atoms with van der Waals surface area (Å²) >= 11 is 0. The van der Waals surface area contributed by atoms with Gasteiger partial charge in [0.15, 0.2) is 0 Å². The lowest BCUT2D eigenvalue weighted by Gasteiger charge is -2.39. The van der Waals surface area contributed by atoms with Gasteiger partial charge in [-0.2, -0.15) is 0 Å². The number of hydrogen-bond acceptors (Lipinski definition) is 1. The van der Waals surface area contributed by atoms with E-state index in [1.54, 1.807) is 0 Å². The number of nitrogens with one attached hydrogen (secondary N) is 1. The van der Waals surface area contributed by atoms with E-state index in [1.165, 1.54) is 32.4 Å². The molecule has 11 heavy (non-hydrogen) atoms. The first-order valence-electron chi connectivity index (χ1n) is 5.02. The molecule has 66 valence electrons. The summed E-state index contributed by atoms with van der Waals surface area (Å²) < 4.78 is 0. The Balaban J connectivity index is 0.000000281. The predicted molar refractivity (Wildman–Crippen MR) is 49.7 cm³/mol. The van der Waals surface area contributed by atoms with E-state index in [2.05, 4.69) is 12.2 Å². The molecule has 1 nitrogen and oxygen atoms in total. The van der Waals surface area contributed by atoms with Gasteiger partial charge in [0, 0.05) is 13.1 Å². The third-order valence-electron chi connectivity index (χ3n) is 2.95. The van der Waals surface area contributed by atoms with Gasteiger partial charge in [-0.3, -0.25) is 0 Å². The van der Waals surface area contributed by atoms with Gasteiger partial charge in [-0.05, 0) is 24.2 Å². The Labute approximate surface area is 70.6 Å². The van der Waals surface area contributed by atoms with Gasteiger partial charge in [0.25, 0.3) is 0 Å². The van der Waals surface area contributed by atoms with Crippen LogP contribution in [0.3, 0.4) is 0 Å². The lowest BCUT2D eigenvalue weighted by atomic mass is 9.80. The zero-order chi connectivity index (χ0) is 8.32. The normalized spacial score (nSPS) is 32.5. The summed E-state index contributed by atoms with van der Waals surface area (Å²) in [4.78, 5) is 0. The maximum absolute atomic E-state index is 3.36. The number of hydrogen-bond donors (Lipinski definition) is 1. The van der Waals surface area contributed by atoms with E-state index in [0.717, 1.165) is 11.3 Å². The summed E-state index contributed by atoms with van der Waals surface area (Å²) in [6.45, 7) is 8.99. The third kappa shape index (κ3) is 1.76. The van der Waals surface area contributed by atoms with Crippen LogP contribution in [0, 0.1) is 11.3 Å². The summed E-state index contributed by atoms with van der Waals surface area (Å²) in [5.74, 6) is 1.01. The summed E-state index contributed by atoms with van der Waals surface area (Å²) in [6, 6.07) is 0. The van der Waals surface area contributed by atoms with E-state index in [4.69, 9.17) is 0 Å². The molecule has 2 fully saturated rings. The van der Waals surface area contributed by atoms with Crippen molar-refractivity contribution < 1.29 is 0 Å². The van der Waals surface area contributed by atoms with Crippen molar-refractivity contribution in [3.8, 4) is 0 Å². The first kappa shape index (κ1) is 9.05. The van der Waals surface area contributed by atoms with Crippen LogP contribution < -0.4 is 5.32 Å². The molecular formula is C10H21N. The molecule has 0 aromatic carbocycles.